The molecule has 1 rings (SSSR count). The molecule has 1 unspecified atom stereocenters. The van der Waals surface area contributed by atoms with Crippen molar-refractivity contribution in [2.45, 2.75) is 46.1 Å². The Hall–Kier alpha value is -0.120. The van der Waals surface area contributed by atoms with E-state index in [0.717, 1.165) is 39.2 Å². The van der Waals surface area contributed by atoms with Crippen molar-refractivity contribution < 1.29 is 4.74 Å². The molecule has 16 heavy (non-hydrogen) atoms. The van der Waals surface area contributed by atoms with Crippen LogP contribution in [0.25, 0.3) is 0 Å². The van der Waals surface area contributed by atoms with Gasteiger partial charge < -0.3 is 10.5 Å². The molecule has 1 aliphatic heterocycles. The Kier molecular flexibility index (Phi) is 5.73. The second kappa shape index (κ2) is 6.58. The van der Waals surface area contributed by atoms with Gasteiger partial charge in [-0.2, -0.15) is 0 Å². The third-order valence-electron chi connectivity index (χ3n) is 4.17. The zero-order valence-electron chi connectivity index (χ0n) is 11.2. The number of rotatable bonds is 6. The van der Waals surface area contributed by atoms with Crippen LogP contribution in [0, 0.1) is 5.41 Å². The van der Waals surface area contributed by atoms with E-state index < -0.39 is 0 Å². The molecule has 0 aliphatic carbocycles. The first kappa shape index (κ1) is 13.9. The largest absolute Gasteiger partial charge is 0.376 e. The second-order valence-corrected chi connectivity index (χ2v) is 5.05. The average molecular weight is 228 g/mol. The SMILES string of the molecule is CCC1CN(CC(CC)(CC)CN)CCO1. The van der Waals surface area contributed by atoms with Crippen molar-refractivity contribution in [3.63, 3.8) is 0 Å². The van der Waals surface area contributed by atoms with Crippen molar-refractivity contribution in [2.24, 2.45) is 11.1 Å². The van der Waals surface area contributed by atoms with Crippen molar-refractivity contribution >= 4 is 0 Å². The summed E-state index contributed by atoms with van der Waals surface area (Å²) in [6.45, 7) is 11.7. The van der Waals surface area contributed by atoms with Crippen LogP contribution in [0.2, 0.25) is 0 Å². The van der Waals surface area contributed by atoms with Gasteiger partial charge in [-0.25, -0.2) is 0 Å². The van der Waals surface area contributed by atoms with Gasteiger partial charge in [0.15, 0.2) is 0 Å². The van der Waals surface area contributed by atoms with Gasteiger partial charge in [0.1, 0.15) is 0 Å². The summed E-state index contributed by atoms with van der Waals surface area (Å²) in [6, 6.07) is 0. The predicted octanol–water partition coefficient (Wildman–Crippen LogP) is 1.86. The van der Waals surface area contributed by atoms with Crippen molar-refractivity contribution in [3.8, 4) is 0 Å². The minimum atomic E-state index is 0.315. The van der Waals surface area contributed by atoms with E-state index in [9.17, 15) is 0 Å². The van der Waals surface area contributed by atoms with Crippen LogP contribution in [0.1, 0.15) is 40.0 Å². The Morgan fingerprint density at radius 2 is 2.00 bits per heavy atom. The minimum absolute atomic E-state index is 0.315. The van der Waals surface area contributed by atoms with Crippen LogP contribution in [-0.2, 0) is 4.74 Å². The molecule has 0 aromatic carbocycles. The van der Waals surface area contributed by atoms with E-state index in [2.05, 4.69) is 25.7 Å². The number of nitrogens with zero attached hydrogens (tertiary/aromatic N) is 1. The van der Waals surface area contributed by atoms with Crippen molar-refractivity contribution in [3.05, 3.63) is 0 Å². The summed E-state index contributed by atoms with van der Waals surface area (Å²) in [7, 11) is 0. The summed E-state index contributed by atoms with van der Waals surface area (Å²) in [5, 5.41) is 0. The van der Waals surface area contributed by atoms with Gasteiger partial charge in [-0.1, -0.05) is 20.8 Å². The summed E-state index contributed by atoms with van der Waals surface area (Å²) in [4.78, 5) is 2.54. The second-order valence-electron chi connectivity index (χ2n) is 5.05. The van der Waals surface area contributed by atoms with Gasteiger partial charge in [0.05, 0.1) is 12.7 Å². The lowest BCUT2D eigenvalue weighted by atomic mass is 9.81. The maximum absolute atomic E-state index is 5.96. The van der Waals surface area contributed by atoms with Crippen LogP contribution >= 0.6 is 0 Å². The van der Waals surface area contributed by atoms with E-state index >= 15 is 0 Å². The summed E-state index contributed by atoms with van der Waals surface area (Å²) in [6.07, 6.45) is 3.89. The first-order valence-electron chi connectivity index (χ1n) is 6.73. The van der Waals surface area contributed by atoms with E-state index in [0.29, 0.717) is 11.5 Å². The highest BCUT2D eigenvalue weighted by Crippen LogP contribution is 2.27. The molecule has 1 fully saturated rings. The van der Waals surface area contributed by atoms with Gasteiger partial charge in [0.2, 0.25) is 0 Å². The Labute approximate surface area is 100 Å². The molecule has 96 valence electrons. The molecule has 2 N–H and O–H groups in total. The quantitative estimate of drug-likeness (QED) is 0.754. The van der Waals surface area contributed by atoms with Gasteiger partial charge >= 0.3 is 0 Å². The Bertz CT molecular complexity index is 184. The average Bonchev–Trinajstić information content (AvgIpc) is 2.36. The van der Waals surface area contributed by atoms with E-state index in [4.69, 9.17) is 10.5 Å². The summed E-state index contributed by atoms with van der Waals surface area (Å²) >= 11 is 0. The molecule has 0 radical (unpaired) electrons. The van der Waals surface area contributed by atoms with Gasteiger partial charge in [-0.3, -0.25) is 4.90 Å². The molecular weight excluding hydrogens is 200 g/mol. The van der Waals surface area contributed by atoms with Crippen LogP contribution in [0.5, 0.6) is 0 Å². The zero-order valence-corrected chi connectivity index (χ0v) is 11.2. The first-order chi connectivity index (χ1) is 7.69. The third kappa shape index (κ3) is 3.44. The molecule has 0 spiro atoms. The normalized spacial score (nSPS) is 23.6. The molecule has 1 heterocycles. The van der Waals surface area contributed by atoms with Crippen LogP contribution in [-0.4, -0.2) is 43.8 Å². The molecule has 1 atom stereocenters. The van der Waals surface area contributed by atoms with Gasteiger partial charge in [0, 0.05) is 19.6 Å². The number of morpholine rings is 1. The number of hydrogen-bond acceptors (Lipinski definition) is 3. The first-order valence-corrected chi connectivity index (χ1v) is 6.73. The Balaban J connectivity index is 2.50. The third-order valence-corrected chi connectivity index (χ3v) is 4.17. The maximum atomic E-state index is 5.96. The molecule has 3 nitrogen and oxygen atoms in total. The lowest BCUT2D eigenvalue weighted by molar-refractivity contribution is -0.0426. The minimum Gasteiger partial charge on any atom is -0.376 e. The van der Waals surface area contributed by atoms with E-state index in [1.165, 1.54) is 12.8 Å². The lowest BCUT2D eigenvalue weighted by Gasteiger charge is -2.40. The summed E-state index contributed by atoms with van der Waals surface area (Å²) < 4.78 is 5.70. The highest BCUT2D eigenvalue weighted by molar-refractivity contribution is 4.83. The molecule has 0 amide bonds. The van der Waals surface area contributed by atoms with E-state index in [1.54, 1.807) is 0 Å². The molecule has 0 aromatic heterocycles. The van der Waals surface area contributed by atoms with Gasteiger partial charge in [-0.05, 0) is 31.2 Å². The number of hydrogen-bond donors (Lipinski definition) is 1. The van der Waals surface area contributed by atoms with Crippen molar-refractivity contribution in [2.75, 3.05) is 32.8 Å². The van der Waals surface area contributed by atoms with Crippen LogP contribution in [0.15, 0.2) is 0 Å². The standard InChI is InChI=1S/C13H28N2O/c1-4-12-9-15(7-8-16-12)11-13(5-2,6-3)10-14/h12H,4-11,14H2,1-3H3. The zero-order chi connectivity index (χ0) is 12.0. The van der Waals surface area contributed by atoms with Crippen molar-refractivity contribution in [1.29, 1.82) is 0 Å². The van der Waals surface area contributed by atoms with Crippen LogP contribution < -0.4 is 5.73 Å². The summed E-state index contributed by atoms with van der Waals surface area (Å²) in [5.74, 6) is 0. The molecular formula is C13H28N2O. The highest BCUT2D eigenvalue weighted by Gasteiger charge is 2.29. The van der Waals surface area contributed by atoms with Gasteiger partial charge in [0.25, 0.3) is 0 Å². The maximum Gasteiger partial charge on any atom is 0.0700 e. The van der Waals surface area contributed by atoms with E-state index in [1.807, 2.05) is 0 Å². The van der Waals surface area contributed by atoms with Crippen LogP contribution in [0.3, 0.4) is 0 Å². The topological polar surface area (TPSA) is 38.5 Å². The molecule has 1 saturated heterocycles. The van der Waals surface area contributed by atoms with Crippen LogP contribution in [0.4, 0.5) is 0 Å². The predicted molar refractivity (Wildman–Crippen MR) is 68.5 cm³/mol. The fourth-order valence-corrected chi connectivity index (χ4v) is 2.47. The molecule has 0 aromatic rings. The molecule has 1 aliphatic rings. The Morgan fingerprint density at radius 3 is 2.50 bits per heavy atom. The lowest BCUT2D eigenvalue weighted by Crippen LogP contribution is -2.49. The summed E-state index contributed by atoms with van der Waals surface area (Å²) in [5.41, 5.74) is 6.27. The fourth-order valence-electron chi connectivity index (χ4n) is 2.47. The smallest absolute Gasteiger partial charge is 0.0700 e. The van der Waals surface area contributed by atoms with Crippen molar-refractivity contribution in [1.82, 2.24) is 4.90 Å². The molecule has 0 saturated carbocycles. The number of nitrogens with two attached hydrogens (primary N) is 1. The van der Waals surface area contributed by atoms with Gasteiger partial charge in [-0.15, -0.1) is 0 Å². The monoisotopic (exact) mass is 228 g/mol. The molecule has 3 heteroatoms. The fraction of sp³-hybridized carbons (Fsp3) is 1.00. The Morgan fingerprint density at radius 1 is 1.31 bits per heavy atom. The molecule has 0 bridgehead atoms. The number of ether oxygens (including phenoxy) is 1. The van der Waals surface area contributed by atoms with E-state index in [-0.39, 0.29) is 0 Å². The highest BCUT2D eigenvalue weighted by atomic mass is 16.5.